The van der Waals surface area contributed by atoms with E-state index in [4.69, 9.17) is 26.3 Å². The number of amides is 2. The molecule has 1 atom stereocenters. The zero-order valence-electron chi connectivity index (χ0n) is 32.2. The first-order valence-electron chi connectivity index (χ1n) is 19.6. The van der Waals surface area contributed by atoms with Gasteiger partial charge in [0.2, 0.25) is 11.8 Å². The van der Waals surface area contributed by atoms with Crippen LogP contribution in [0.1, 0.15) is 84.5 Å². The lowest BCUT2D eigenvalue weighted by Crippen LogP contribution is -2.35. The van der Waals surface area contributed by atoms with Crippen molar-refractivity contribution in [3.8, 4) is 28.4 Å². The fraction of sp³-hybridized carbons (Fsp3) is 0.476. The second-order valence-corrected chi connectivity index (χ2v) is 16.6. The third-order valence-corrected chi connectivity index (χ3v) is 13.2. The van der Waals surface area contributed by atoms with Crippen LogP contribution in [0.5, 0.6) is 5.88 Å². The number of carbonyl (C=O) groups is 3. The van der Waals surface area contributed by atoms with Crippen LogP contribution in [0, 0.1) is 17.8 Å². The highest BCUT2D eigenvalue weighted by Gasteiger charge is 2.57. The van der Waals surface area contributed by atoms with Gasteiger partial charge in [-0.1, -0.05) is 29.8 Å². The summed E-state index contributed by atoms with van der Waals surface area (Å²) in [5.41, 5.74) is 6.66. The first-order valence-corrected chi connectivity index (χ1v) is 20.0. The molecule has 1 saturated heterocycles. The van der Waals surface area contributed by atoms with Crippen LogP contribution in [-0.4, -0.2) is 80.1 Å². The Hall–Kier alpha value is -4.85. The van der Waals surface area contributed by atoms with E-state index in [-0.39, 0.29) is 23.3 Å². The average molecular weight is 781 g/mol. The van der Waals surface area contributed by atoms with E-state index < -0.39 is 11.4 Å². The Bertz CT molecular complexity index is 2200. The lowest BCUT2D eigenvalue weighted by Gasteiger charge is -2.32. The van der Waals surface area contributed by atoms with Crippen LogP contribution in [0.25, 0.3) is 22.5 Å². The summed E-state index contributed by atoms with van der Waals surface area (Å²) in [5, 5.41) is 19.7. The summed E-state index contributed by atoms with van der Waals surface area (Å²) in [4.78, 5) is 54.0. The highest BCUT2D eigenvalue weighted by Crippen LogP contribution is 2.63. The van der Waals surface area contributed by atoms with Gasteiger partial charge in [-0.05, 0) is 87.6 Å². The number of pyridine rings is 2. The molecule has 1 aromatic carbocycles. The van der Waals surface area contributed by atoms with E-state index in [1.165, 1.54) is 0 Å². The number of hydrogen-bond donors (Lipinski definition) is 4. The van der Waals surface area contributed by atoms with Crippen molar-refractivity contribution in [3.63, 3.8) is 0 Å². The molecule has 0 radical (unpaired) electrons. The highest BCUT2D eigenvalue weighted by molar-refractivity contribution is 6.35. The van der Waals surface area contributed by atoms with Gasteiger partial charge in [0, 0.05) is 86.4 Å². The van der Waals surface area contributed by atoms with Crippen molar-refractivity contribution < 1.29 is 24.2 Å². The van der Waals surface area contributed by atoms with Crippen LogP contribution in [-0.2, 0) is 36.1 Å². The van der Waals surface area contributed by atoms with Crippen molar-refractivity contribution in [3.05, 3.63) is 76.0 Å². The molecule has 2 saturated carbocycles. The Labute approximate surface area is 331 Å². The van der Waals surface area contributed by atoms with Crippen molar-refractivity contribution in [2.24, 2.45) is 17.9 Å². The van der Waals surface area contributed by atoms with Gasteiger partial charge in [-0.2, -0.15) is 0 Å². The molecule has 2 aliphatic heterocycles. The Balaban J connectivity index is 0.941. The first kappa shape index (κ1) is 38.0. The van der Waals surface area contributed by atoms with Gasteiger partial charge >= 0.3 is 5.97 Å². The minimum Gasteiger partial charge on any atom is -0.481 e. The van der Waals surface area contributed by atoms with E-state index in [1.807, 2.05) is 54.9 Å². The predicted octanol–water partition coefficient (Wildman–Crippen LogP) is 5.92. The third-order valence-electron chi connectivity index (χ3n) is 12.9. The van der Waals surface area contributed by atoms with E-state index in [0.717, 1.165) is 92.5 Å². The first-order chi connectivity index (χ1) is 27.0. The summed E-state index contributed by atoms with van der Waals surface area (Å²) in [7, 11) is 3.49. The SMILES string of the molecule is COc1nc(-c2ccnc(-c3cccc(NC(=O)c4nc5c(n4C)CCN(CCC46CCC(C(=O)O)(CC4)C6)C5)c3C)c2Cl)ccc1CNCC1CCC(=O)N1. The Kier molecular flexibility index (Phi) is 10.4. The summed E-state index contributed by atoms with van der Waals surface area (Å²) < 4.78 is 7.56. The predicted molar refractivity (Wildman–Crippen MR) is 212 cm³/mol. The molecule has 5 heterocycles. The molecule has 13 nitrogen and oxygen atoms in total. The summed E-state index contributed by atoms with van der Waals surface area (Å²) in [6.45, 7) is 5.60. The van der Waals surface area contributed by atoms with Crippen LogP contribution >= 0.6 is 11.6 Å². The van der Waals surface area contributed by atoms with E-state index in [1.54, 1.807) is 13.3 Å². The molecular formula is C42H49ClN8O5. The fourth-order valence-electron chi connectivity index (χ4n) is 9.51. The molecular weight excluding hydrogens is 732 g/mol. The largest absolute Gasteiger partial charge is 0.481 e. The molecule has 3 aromatic heterocycles. The minimum absolute atomic E-state index is 0.0913. The number of carboxylic acid groups (broad SMARTS) is 1. The number of carboxylic acids is 1. The standard InChI is InChI=1S/C42H49ClN8O5/c1-25-28(36-35(43)29(11-18-45-36)31-9-7-26(39(49-31)56-3)21-44-22-27-8-10-34(52)46-27)5-4-6-30(25)48-38(53)37-47-32-23-51(19-12-33(32)50(37)2)20-17-41-13-15-42(24-41,16-14-41)40(54)55/h4-7,9,11,18,27,44H,8,10,12-17,19-24H2,1-3H3,(H,46,52)(H,48,53)(H,54,55). The maximum atomic E-state index is 13.8. The van der Waals surface area contributed by atoms with Crippen LogP contribution in [0.15, 0.2) is 42.6 Å². The number of aliphatic carboxylic acids is 1. The number of methoxy groups -OCH3 is 1. The number of benzene rings is 1. The molecule has 2 aliphatic carbocycles. The third kappa shape index (κ3) is 7.16. The quantitative estimate of drug-likeness (QED) is 0.128. The number of imidazole rings is 1. The normalized spacial score (nSPS) is 22.9. The van der Waals surface area contributed by atoms with E-state index in [9.17, 15) is 19.5 Å². The van der Waals surface area contributed by atoms with Gasteiger partial charge in [0.25, 0.3) is 5.91 Å². The molecule has 294 valence electrons. The number of nitrogens with zero attached hydrogens (tertiary/aromatic N) is 5. The number of carbonyl (C=O) groups excluding carboxylic acids is 2. The maximum Gasteiger partial charge on any atom is 0.309 e. The van der Waals surface area contributed by atoms with Gasteiger partial charge in [0.1, 0.15) is 0 Å². The molecule has 4 aromatic rings. The molecule has 1 unspecified atom stereocenters. The molecule has 2 bridgehead atoms. The maximum absolute atomic E-state index is 13.8. The number of hydrogen-bond acceptors (Lipinski definition) is 9. The molecule has 4 N–H and O–H groups in total. The van der Waals surface area contributed by atoms with Gasteiger partial charge in [-0.15, -0.1) is 0 Å². The number of ether oxygens (including phenoxy) is 1. The summed E-state index contributed by atoms with van der Waals surface area (Å²) >= 11 is 7.08. The van der Waals surface area contributed by atoms with E-state index >= 15 is 0 Å². The number of anilines is 1. The zero-order valence-corrected chi connectivity index (χ0v) is 33.0. The molecule has 8 rings (SSSR count). The van der Waals surface area contributed by atoms with Gasteiger partial charge < -0.3 is 30.4 Å². The Morgan fingerprint density at radius 2 is 1.91 bits per heavy atom. The number of fused-ring (bicyclic) bond motifs is 3. The highest BCUT2D eigenvalue weighted by atomic mass is 35.5. The lowest BCUT2D eigenvalue weighted by molar-refractivity contribution is -0.148. The number of halogens is 1. The second-order valence-electron chi connectivity index (χ2n) is 16.2. The molecule has 0 spiro atoms. The molecule has 14 heteroatoms. The molecule has 56 heavy (non-hydrogen) atoms. The molecule has 2 amide bonds. The van der Waals surface area contributed by atoms with Crippen LogP contribution in [0.4, 0.5) is 5.69 Å². The number of rotatable bonds is 13. The minimum atomic E-state index is -0.620. The van der Waals surface area contributed by atoms with Crippen molar-refractivity contribution in [1.82, 2.24) is 35.1 Å². The van der Waals surface area contributed by atoms with Crippen LogP contribution in [0.3, 0.4) is 0 Å². The van der Waals surface area contributed by atoms with Crippen molar-refractivity contribution in [2.45, 2.75) is 83.8 Å². The average Bonchev–Trinajstić information content (AvgIpc) is 3.98. The zero-order chi connectivity index (χ0) is 39.2. The van der Waals surface area contributed by atoms with Gasteiger partial charge in [0.05, 0.1) is 34.6 Å². The summed E-state index contributed by atoms with van der Waals surface area (Å²) in [5.74, 6) is 0.0241. The van der Waals surface area contributed by atoms with E-state index in [2.05, 4.69) is 25.8 Å². The van der Waals surface area contributed by atoms with Crippen molar-refractivity contribution in [2.75, 3.05) is 32.1 Å². The Morgan fingerprint density at radius 1 is 1.09 bits per heavy atom. The molecule has 3 fully saturated rings. The van der Waals surface area contributed by atoms with Crippen LogP contribution < -0.4 is 20.7 Å². The van der Waals surface area contributed by atoms with Gasteiger partial charge in [-0.3, -0.25) is 24.3 Å². The summed E-state index contributed by atoms with van der Waals surface area (Å²) in [6, 6.07) is 11.5. The smallest absolute Gasteiger partial charge is 0.309 e. The monoisotopic (exact) mass is 780 g/mol. The van der Waals surface area contributed by atoms with Gasteiger partial charge in [0.15, 0.2) is 5.82 Å². The summed E-state index contributed by atoms with van der Waals surface area (Å²) in [6.07, 6.45) is 9.31. The van der Waals surface area contributed by atoms with Crippen LogP contribution in [0.2, 0.25) is 5.02 Å². The lowest BCUT2D eigenvalue weighted by atomic mass is 9.80. The number of aromatic nitrogens is 4. The van der Waals surface area contributed by atoms with Crippen molar-refractivity contribution >= 4 is 35.1 Å². The molecule has 4 aliphatic rings. The fourth-order valence-corrected chi connectivity index (χ4v) is 9.82. The Morgan fingerprint density at radius 3 is 2.64 bits per heavy atom. The van der Waals surface area contributed by atoms with Gasteiger partial charge in [-0.25, -0.2) is 9.97 Å². The van der Waals surface area contributed by atoms with E-state index in [0.29, 0.717) is 65.4 Å². The topological polar surface area (TPSA) is 164 Å². The number of nitrogens with one attached hydrogen (secondary N) is 3. The van der Waals surface area contributed by atoms with Crippen molar-refractivity contribution in [1.29, 1.82) is 0 Å². The second kappa shape index (κ2) is 15.2.